The van der Waals surface area contributed by atoms with Gasteiger partial charge in [-0.15, -0.1) is 0 Å². The molecule has 1 amide bonds. The maximum Gasteiger partial charge on any atom is 0.256 e. The number of carbonyl (C=O) groups is 1. The number of hydrogen-bond donors (Lipinski definition) is 2. The molecule has 0 bridgehead atoms. The van der Waals surface area contributed by atoms with Crippen LogP contribution in [-0.4, -0.2) is 20.6 Å². The molecule has 0 unspecified atom stereocenters. The fraction of sp³-hybridized carbons (Fsp3) is 0.133. The van der Waals surface area contributed by atoms with E-state index in [4.69, 9.17) is 11.6 Å². The molecule has 5 nitrogen and oxygen atoms in total. The van der Waals surface area contributed by atoms with E-state index in [2.05, 4.69) is 10.0 Å². The van der Waals surface area contributed by atoms with Crippen LogP contribution in [-0.2, 0) is 10.0 Å². The highest BCUT2D eigenvalue weighted by Crippen LogP contribution is 2.21. The highest BCUT2D eigenvalue weighted by atomic mass is 35.5. The summed E-state index contributed by atoms with van der Waals surface area (Å²) in [4.78, 5) is 12.3. The van der Waals surface area contributed by atoms with Crippen LogP contribution < -0.4 is 10.0 Å². The number of sulfonamides is 1. The normalized spacial score (nSPS) is 11.0. The third kappa shape index (κ3) is 4.22. The zero-order valence-electron chi connectivity index (χ0n) is 12.1. The van der Waals surface area contributed by atoms with Crippen LogP contribution in [0.1, 0.15) is 15.9 Å². The molecule has 0 saturated carbocycles. The zero-order chi connectivity index (χ0) is 16.3. The van der Waals surface area contributed by atoms with Crippen LogP contribution in [0.15, 0.2) is 42.5 Å². The number of anilines is 2. The minimum Gasteiger partial charge on any atom is -0.322 e. The summed E-state index contributed by atoms with van der Waals surface area (Å²) in [6.45, 7) is 1.68. The molecule has 0 heterocycles. The van der Waals surface area contributed by atoms with Crippen molar-refractivity contribution in [2.75, 3.05) is 16.3 Å². The van der Waals surface area contributed by atoms with E-state index in [9.17, 15) is 13.2 Å². The van der Waals surface area contributed by atoms with Crippen LogP contribution in [0.4, 0.5) is 11.4 Å². The van der Waals surface area contributed by atoms with E-state index in [-0.39, 0.29) is 5.91 Å². The van der Waals surface area contributed by atoms with E-state index in [1.54, 1.807) is 49.4 Å². The molecule has 0 fully saturated rings. The van der Waals surface area contributed by atoms with Crippen molar-refractivity contribution < 1.29 is 13.2 Å². The van der Waals surface area contributed by atoms with Gasteiger partial charge < -0.3 is 5.32 Å². The molecule has 116 valence electrons. The summed E-state index contributed by atoms with van der Waals surface area (Å²) in [5.41, 5.74) is 1.93. The Morgan fingerprint density at radius 2 is 1.73 bits per heavy atom. The first-order valence-corrected chi connectivity index (χ1v) is 8.67. The van der Waals surface area contributed by atoms with Crippen LogP contribution in [0, 0.1) is 6.92 Å². The predicted octanol–water partition coefficient (Wildman–Crippen LogP) is 3.27. The Kier molecular flexibility index (Phi) is 4.73. The number of halogens is 1. The second-order valence-corrected chi connectivity index (χ2v) is 7.00. The zero-order valence-corrected chi connectivity index (χ0v) is 13.6. The van der Waals surface area contributed by atoms with Crippen LogP contribution in [0.5, 0.6) is 0 Å². The van der Waals surface area contributed by atoms with E-state index in [1.807, 2.05) is 0 Å². The number of rotatable bonds is 4. The summed E-state index contributed by atoms with van der Waals surface area (Å²) in [6.07, 6.45) is 1.06. The van der Waals surface area contributed by atoms with Crippen LogP contribution in [0.2, 0.25) is 5.02 Å². The van der Waals surface area contributed by atoms with Crippen molar-refractivity contribution in [3.8, 4) is 0 Å². The first-order chi connectivity index (χ1) is 10.3. The monoisotopic (exact) mass is 338 g/mol. The van der Waals surface area contributed by atoms with Crippen molar-refractivity contribution in [2.24, 2.45) is 0 Å². The van der Waals surface area contributed by atoms with Gasteiger partial charge in [0.05, 0.1) is 11.9 Å². The molecule has 0 spiro atoms. The van der Waals surface area contributed by atoms with Gasteiger partial charge in [0.1, 0.15) is 0 Å². The molecule has 0 aromatic heterocycles. The molecule has 2 N–H and O–H groups in total. The van der Waals surface area contributed by atoms with Gasteiger partial charge in [-0.2, -0.15) is 0 Å². The lowest BCUT2D eigenvalue weighted by Crippen LogP contribution is -2.16. The molecule has 2 rings (SSSR count). The first-order valence-electron chi connectivity index (χ1n) is 6.40. The molecule has 0 atom stereocenters. The average molecular weight is 339 g/mol. The summed E-state index contributed by atoms with van der Waals surface area (Å²) >= 11 is 5.79. The van der Waals surface area contributed by atoms with Gasteiger partial charge in [0.2, 0.25) is 10.0 Å². The molecule has 22 heavy (non-hydrogen) atoms. The van der Waals surface area contributed by atoms with Gasteiger partial charge >= 0.3 is 0 Å². The quantitative estimate of drug-likeness (QED) is 0.898. The van der Waals surface area contributed by atoms with E-state index in [1.165, 1.54) is 0 Å². The highest BCUT2D eigenvalue weighted by molar-refractivity contribution is 7.92. The second-order valence-electron chi connectivity index (χ2n) is 4.81. The molecule has 7 heteroatoms. The van der Waals surface area contributed by atoms with Gasteiger partial charge in [-0.3, -0.25) is 9.52 Å². The van der Waals surface area contributed by atoms with Gasteiger partial charge in [0, 0.05) is 16.3 Å². The number of benzene rings is 2. The fourth-order valence-electron chi connectivity index (χ4n) is 1.92. The molecule has 0 saturated heterocycles. The third-order valence-electron chi connectivity index (χ3n) is 2.98. The first kappa shape index (κ1) is 16.3. The Balaban J connectivity index is 2.26. The lowest BCUT2D eigenvalue weighted by atomic mass is 10.1. The number of amides is 1. The summed E-state index contributed by atoms with van der Waals surface area (Å²) < 4.78 is 25.1. The van der Waals surface area contributed by atoms with Crippen molar-refractivity contribution in [1.29, 1.82) is 0 Å². The Morgan fingerprint density at radius 3 is 2.32 bits per heavy atom. The van der Waals surface area contributed by atoms with Crippen molar-refractivity contribution in [1.82, 2.24) is 0 Å². The van der Waals surface area contributed by atoms with Crippen molar-refractivity contribution in [3.05, 3.63) is 58.6 Å². The van der Waals surface area contributed by atoms with Crippen LogP contribution >= 0.6 is 11.6 Å². The van der Waals surface area contributed by atoms with Gasteiger partial charge in [0.25, 0.3) is 5.91 Å². The fourth-order valence-corrected chi connectivity index (χ4v) is 2.67. The Hall–Kier alpha value is -2.05. The lowest BCUT2D eigenvalue weighted by Gasteiger charge is -2.12. The van der Waals surface area contributed by atoms with Gasteiger partial charge in [0.15, 0.2) is 0 Å². The van der Waals surface area contributed by atoms with Crippen LogP contribution in [0.3, 0.4) is 0 Å². The summed E-state index contributed by atoms with van der Waals surface area (Å²) in [6, 6.07) is 11.6. The molecule has 0 radical (unpaired) electrons. The Bertz CT molecular complexity index is 802. The van der Waals surface area contributed by atoms with Crippen molar-refractivity contribution in [3.63, 3.8) is 0 Å². The second kappa shape index (κ2) is 6.37. The largest absolute Gasteiger partial charge is 0.322 e. The molecular formula is C15H15ClN2O3S. The Morgan fingerprint density at radius 1 is 1.09 bits per heavy atom. The topological polar surface area (TPSA) is 75.3 Å². The number of nitrogens with one attached hydrogen (secondary N) is 2. The van der Waals surface area contributed by atoms with Crippen LogP contribution in [0.25, 0.3) is 0 Å². The smallest absolute Gasteiger partial charge is 0.256 e. The summed E-state index contributed by atoms with van der Waals surface area (Å²) in [5, 5.41) is 3.32. The maximum absolute atomic E-state index is 12.3. The van der Waals surface area contributed by atoms with E-state index >= 15 is 0 Å². The average Bonchev–Trinajstić information content (AvgIpc) is 2.42. The number of hydrogen-bond acceptors (Lipinski definition) is 3. The van der Waals surface area contributed by atoms with Crippen molar-refractivity contribution >= 4 is 38.9 Å². The molecule has 2 aromatic carbocycles. The number of carbonyl (C=O) groups excluding carboxylic acids is 1. The summed E-state index contributed by atoms with van der Waals surface area (Å²) in [5.74, 6) is -0.322. The van der Waals surface area contributed by atoms with E-state index in [0.29, 0.717) is 27.5 Å². The molecule has 2 aromatic rings. The Labute approximate surface area is 134 Å². The highest BCUT2D eigenvalue weighted by Gasteiger charge is 2.13. The molecular weight excluding hydrogens is 324 g/mol. The van der Waals surface area contributed by atoms with Gasteiger partial charge in [-0.1, -0.05) is 17.7 Å². The minimum atomic E-state index is -3.40. The predicted molar refractivity (Wildman–Crippen MR) is 89.1 cm³/mol. The van der Waals surface area contributed by atoms with Gasteiger partial charge in [-0.05, 0) is 48.9 Å². The molecule has 0 aliphatic rings. The SMILES string of the molecule is Cc1c(NS(C)(=O)=O)cccc1C(=O)Nc1ccc(Cl)cc1. The summed E-state index contributed by atoms with van der Waals surface area (Å²) in [7, 11) is -3.40. The van der Waals surface area contributed by atoms with E-state index in [0.717, 1.165) is 6.26 Å². The standard InChI is InChI=1S/C15H15ClN2O3S/c1-10-13(4-3-5-14(10)18-22(2,20)21)15(19)17-12-8-6-11(16)7-9-12/h3-9,18H,1-2H3,(H,17,19). The molecule has 0 aliphatic heterocycles. The maximum atomic E-state index is 12.3. The third-order valence-corrected chi connectivity index (χ3v) is 3.82. The molecule has 0 aliphatic carbocycles. The van der Waals surface area contributed by atoms with Gasteiger partial charge in [-0.25, -0.2) is 8.42 Å². The lowest BCUT2D eigenvalue weighted by molar-refractivity contribution is 0.102. The van der Waals surface area contributed by atoms with Crippen molar-refractivity contribution in [2.45, 2.75) is 6.92 Å². The minimum absolute atomic E-state index is 0.322. The van der Waals surface area contributed by atoms with E-state index < -0.39 is 10.0 Å².